The van der Waals surface area contributed by atoms with Crippen molar-refractivity contribution in [3.63, 3.8) is 0 Å². The topological polar surface area (TPSA) is 91.4 Å². The molecule has 6 heteroatoms. The van der Waals surface area contributed by atoms with Gasteiger partial charge in [0.05, 0.1) is 0 Å². The molecular formula is C22H24N2O4. The number of ether oxygens (including phenoxy) is 1. The summed E-state index contributed by atoms with van der Waals surface area (Å²) in [6, 6.07) is 11.6. The van der Waals surface area contributed by atoms with E-state index in [1.807, 2.05) is 18.3 Å². The minimum absolute atomic E-state index is 0.144. The van der Waals surface area contributed by atoms with E-state index in [0.717, 1.165) is 29.5 Å². The van der Waals surface area contributed by atoms with Crippen molar-refractivity contribution in [2.75, 3.05) is 13.2 Å². The fourth-order valence-corrected chi connectivity index (χ4v) is 3.36. The quantitative estimate of drug-likeness (QED) is 0.521. The molecule has 1 aromatic heterocycles. The van der Waals surface area contributed by atoms with Gasteiger partial charge in [0.15, 0.2) is 6.61 Å². The van der Waals surface area contributed by atoms with E-state index in [-0.39, 0.29) is 5.91 Å². The van der Waals surface area contributed by atoms with Crippen LogP contribution in [0.5, 0.6) is 5.75 Å². The van der Waals surface area contributed by atoms with Crippen LogP contribution in [0, 0.1) is 13.8 Å². The lowest BCUT2D eigenvalue weighted by Gasteiger charge is -2.13. The van der Waals surface area contributed by atoms with Crippen LogP contribution in [0.15, 0.2) is 42.6 Å². The number of hydrogen-bond acceptors (Lipinski definition) is 3. The van der Waals surface area contributed by atoms with Crippen molar-refractivity contribution in [2.24, 2.45) is 0 Å². The molecule has 3 rings (SSSR count). The third-order valence-corrected chi connectivity index (χ3v) is 4.65. The number of H-pyrrole nitrogens is 1. The van der Waals surface area contributed by atoms with Gasteiger partial charge in [-0.2, -0.15) is 0 Å². The van der Waals surface area contributed by atoms with Gasteiger partial charge in [-0.3, -0.25) is 4.79 Å². The Bertz CT molecular complexity index is 984. The van der Waals surface area contributed by atoms with E-state index in [9.17, 15) is 9.59 Å². The zero-order valence-electron chi connectivity index (χ0n) is 16.0. The third-order valence-electron chi connectivity index (χ3n) is 4.65. The molecule has 2 aromatic carbocycles. The van der Waals surface area contributed by atoms with Crippen LogP contribution in [0.1, 0.15) is 33.5 Å². The number of para-hydroxylation sites is 1. The number of benzene rings is 2. The van der Waals surface area contributed by atoms with Crippen molar-refractivity contribution in [3.05, 3.63) is 64.8 Å². The SMILES string of the molecule is Cc1cc(C(=O)NCCCc2c[nH]c3ccccc23)cc(C)c1OCC(=O)O. The predicted octanol–water partition coefficient (Wildman–Crippen LogP) is 3.61. The highest BCUT2D eigenvalue weighted by Gasteiger charge is 2.13. The number of fused-ring (bicyclic) bond motifs is 1. The van der Waals surface area contributed by atoms with Crippen LogP contribution in [0.3, 0.4) is 0 Å². The molecule has 0 atom stereocenters. The number of hydrogen-bond donors (Lipinski definition) is 3. The van der Waals surface area contributed by atoms with E-state index in [1.54, 1.807) is 26.0 Å². The molecule has 0 saturated heterocycles. The number of carboxylic acids is 1. The minimum atomic E-state index is -1.03. The van der Waals surface area contributed by atoms with Gasteiger partial charge in [0.25, 0.3) is 5.91 Å². The molecule has 0 bridgehead atoms. The van der Waals surface area contributed by atoms with Crippen molar-refractivity contribution in [1.29, 1.82) is 0 Å². The maximum absolute atomic E-state index is 12.4. The van der Waals surface area contributed by atoms with E-state index in [2.05, 4.69) is 22.4 Å². The number of nitrogens with one attached hydrogen (secondary N) is 2. The Hall–Kier alpha value is -3.28. The first kappa shape index (κ1) is 19.5. The van der Waals surface area contributed by atoms with Crippen LogP contribution >= 0.6 is 0 Å². The molecule has 0 aliphatic carbocycles. The summed E-state index contributed by atoms with van der Waals surface area (Å²) >= 11 is 0. The molecule has 0 spiro atoms. The van der Waals surface area contributed by atoms with Gasteiger partial charge in [0, 0.05) is 29.2 Å². The molecule has 28 heavy (non-hydrogen) atoms. The fraction of sp³-hybridized carbons (Fsp3) is 0.273. The van der Waals surface area contributed by atoms with E-state index in [0.29, 0.717) is 17.9 Å². The van der Waals surface area contributed by atoms with Crippen molar-refractivity contribution in [2.45, 2.75) is 26.7 Å². The third kappa shape index (κ3) is 4.52. The number of carbonyl (C=O) groups is 2. The summed E-state index contributed by atoms with van der Waals surface area (Å²) in [7, 11) is 0. The van der Waals surface area contributed by atoms with Crippen molar-refractivity contribution in [3.8, 4) is 5.75 Å². The Balaban J connectivity index is 1.55. The van der Waals surface area contributed by atoms with Crippen LogP contribution in [-0.2, 0) is 11.2 Å². The highest BCUT2D eigenvalue weighted by molar-refractivity contribution is 5.95. The first-order valence-corrected chi connectivity index (χ1v) is 9.24. The van der Waals surface area contributed by atoms with Gasteiger partial charge in [-0.15, -0.1) is 0 Å². The average molecular weight is 380 g/mol. The molecule has 6 nitrogen and oxygen atoms in total. The molecule has 0 fully saturated rings. The molecule has 1 heterocycles. The van der Waals surface area contributed by atoms with Gasteiger partial charge in [-0.05, 0) is 61.6 Å². The number of amides is 1. The molecule has 1 amide bonds. The van der Waals surface area contributed by atoms with Crippen LogP contribution in [0.2, 0.25) is 0 Å². The van der Waals surface area contributed by atoms with Gasteiger partial charge in [-0.1, -0.05) is 18.2 Å². The monoisotopic (exact) mass is 380 g/mol. The summed E-state index contributed by atoms with van der Waals surface area (Å²) in [4.78, 5) is 26.4. The maximum atomic E-state index is 12.4. The Morgan fingerprint density at radius 1 is 1.14 bits per heavy atom. The van der Waals surface area contributed by atoms with E-state index in [1.165, 1.54) is 10.9 Å². The molecule has 0 aliphatic rings. The second-order valence-electron chi connectivity index (χ2n) is 6.84. The van der Waals surface area contributed by atoms with Crippen LogP contribution in [0.25, 0.3) is 10.9 Å². The van der Waals surface area contributed by atoms with Crippen molar-refractivity contribution >= 4 is 22.8 Å². The molecule has 0 unspecified atom stereocenters. The number of carbonyl (C=O) groups excluding carboxylic acids is 1. The lowest BCUT2D eigenvalue weighted by molar-refractivity contribution is -0.139. The number of aromatic amines is 1. The first-order chi connectivity index (χ1) is 13.5. The van der Waals surface area contributed by atoms with Gasteiger partial charge < -0.3 is 20.1 Å². The van der Waals surface area contributed by atoms with Crippen LogP contribution in [0.4, 0.5) is 0 Å². The number of carboxylic acid groups (broad SMARTS) is 1. The summed E-state index contributed by atoms with van der Waals surface area (Å²) in [5, 5.41) is 12.9. The number of aryl methyl sites for hydroxylation is 3. The minimum Gasteiger partial charge on any atom is -0.481 e. The number of aliphatic carboxylic acids is 1. The summed E-state index contributed by atoms with van der Waals surface area (Å²) < 4.78 is 5.30. The lowest BCUT2D eigenvalue weighted by atomic mass is 10.0. The van der Waals surface area contributed by atoms with Gasteiger partial charge >= 0.3 is 5.97 Å². The van der Waals surface area contributed by atoms with E-state index >= 15 is 0 Å². The Morgan fingerprint density at radius 3 is 2.57 bits per heavy atom. The molecule has 146 valence electrons. The summed E-state index contributed by atoms with van der Waals surface area (Å²) in [6.45, 7) is 3.78. The van der Waals surface area contributed by atoms with E-state index in [4.69, 9.17) is 9.84 Å². The standard InChI is InChI=1S/C22H24N2O4/c1-14-10-17(11-15(2)21(14)28-13-20(25)26)22(27)23-9-5-6-16-12-24-19-8-4-3-7-18(16)19/h3-4,7-8,10-12,24H,5-6,9,13H2,1-2H3,(H,23,27)(H,25,26). The van der Waals surface area contributed by atoms with E-state index < -0.39 is 12.6 Å². The first-order valence-electron chi connectivity index (χ1n) is 9.24. The molecular weight excluding hydrogens is 356 g/mol. The maximum Gasteiger partial charge on any atom is 0.341 e. The number of aromatic nitrogens is 1. The zero-order valence-corrected chi connectivity index (χ0v) is 16.0. The fourth-order valence-electron chi connectivity index (χ4n) is 3.36. The van der Waals surface area contributed by atoms with Gasteiger partial charge in [0.1, 0.15) is 5.75 Å². The average Bonchev–Trinajstić information content (AvgIpc) is 3.07. The van der Waals surface area contributed by atoms with Gasteiger partial charge in [0.2, 0.25) is 0 Å². The summed E-state index contributed by atoms with van der Waals surface area (Å²) in [6.07, 6.45) is 3.74. The Kier molecular flexibility index (Phi) is 5.99. The predicted molar refractivity (Wildman–Crippen MR) is 108 cm³/mol. The zero-order chi connectivity index (χ0) is 20.1. The van der Waals surface area contributed by atoms with Crippen LogP contribution in [-0.4, -0.2) is 35.1 Å². The van der Waals surface area contributed by atoms with Crippen molar-refractivity contribution in [1.82, 2.24) is 10.3 Å². The molecule has 0 saturated carbocycles. The second-order valence-corrected chi connectivity index (χ2v) is 6.84. The highest BCUT2D eigenvalue weighted by Crippen LogP contribution is 2.25. The lowest BCUT2D eigenvalue weighted by Crippen LogP contribution is -2.25. The highest BCUT2D eigenvalue weighted by atomic mass is 16.5. The van der Waals surface area contributed by atoms with Crippen LogP contribution < -0.4 is 10.1 Å². The van der Waals surface area contributed by atoms with Gasteiger partial charge in [-0.25, -0.2) is 4.79 Å². The Labute approximate surface area is 163 Å². The summed E-state index contributed by atoms with van der Waals surface area (Å²) in [5.41, 5.74) is 4.40. The molecule has 0 aliphatic heterocycles. The summed E-state index contributed by atoms with van der Waals surface area (Å²) in [5.74, 6) is -0.663. The normalized spacial score (nSPS) is 10.8. The molecule has 0 radical (unpaired) electrons. The Morgan fingerprint density at radius 2 is 1.86 bits per heavy atom. The van der Waals surface area contributed by atoms with Crippen molar-refractivity contribution < 1.29 is 19.4 Å². The number of rotatable bonds is 8. The molecule has 3 N–H and O–H groups in total. The smallest absolute Gasteiger partial charge is 0.341 e. The molecule has 3 aromatic rings. The second kappa shape index (κ2) is 8.61. The largest absolute Gasteiger partial charge is 0.481 e.